The zero-order chi connectivity index (χ0) is 14.0. The average molecular weight is 277 g/mol. The summed E-state index contributed by atoms with van der Waals surface area (Å²) in [6.07, 6.45) is 0. The van der Waals surface area contributed by atoms with Crippen LogP contribution in [0, 0.1) is 10.1 Å². The van der Waals surface area contributed by atoms with Crippen molar-refractivity contribution in [3.05, 3.63) is 68.7 Å². The van der Waals surface area contributed by atoms with E-state index in [9.17, 15) is 14.9 Å². The molecule has 2 aromatic carbocycles. The summed E-state index contributed by atoms with van der Waals surface area (Å²) in [5, 5.41) is 11.3. The molecule has 0 spiro atoms. The van der Waals surface area contributed by atoms with Crippen LogP contribution >= 0.6 is 11.6 Å². The van der Waals surface area contributed by atoms with Crippen LogP contribution in [-0.4, -0.2) is 10.7 Å². The number of nitro benzene ring substituents is 1. The highest BCUT2D eigenvalue weighted by atomic mass is 35.5. The quantitative estimate of drug-likeness (QED) is 0.404. The number of hydrogen-bond donors (Lipinski definition) is 1. The van der Waals surface area contributed by atoms with Crippen molar-refractivity contribution in [1.82, 2.24) is 0 Å². The second kappa shape index (κ2) is 5.07. The SMILES string of the molecule is Nc1ccc(C(=O)c2ccc(Cl)cc2)cc1[N+](=O)[O-]. The number of ketones is 1. The first-order valence-corrected chi connectivity index (χ1v) is 5.71. The topological polar surface area (TPSA) is 86.2 Å². The maximum Gasteiger partial charge on any atom is 0.292 e. The van der Waals surface area contributed by atoms with Crippen LogP contribution < -0.4 is 5.73 Å². The van der Waals surface area contributed by atoms with E-state index in [-0.39, 0.29) is 22.7 Å². The molecule has 0 radical (unpaired) electrons. The summed E-state index contributed by atoms with van der Waals surface area (Å²) in [7, 11) is 0. The Bertz CT molecular complexity index is 653. The van der Waals surface area contributed by atoms with Crippen molar-refractivity contribution in [2.24, 2.45) is 0 Å². The monoisotopic (exact) mass is 276 g/mol. The normalized spacial score (nSPS) is 10.2. The third-order valence-electron chi connectivity index (χ3n) is 2.60. The lowest BCUT2D eigenvalue weighted by molar-refractivity contribution is -0.383. The first kappa shape index (κ1) is 13.0. The predicted molar refractivity (Wildman–Crippen MR) is 72.4 cm³/mol. The molecule has 0 heterocycles. The van der Waals surface area contributed by atoms with Gasteiger partial charge in [-0.1, -0.05) is 11.6 Å². The number of carbonyl (C=O) groups excluding carboxylic acids is 1. The fraction of sp³-hybridized carbons (Fsp3) is 0. The molecule has 6 heteroatoms. The van der Waals surface area contributed by atoms with Crippen LogP contribution in [0.1, 0.15) is 15.9 Å². The summed E-state index contributed by atoms with van der Waals surface area (Å²) < 4.78 is 0. The van der Waals surface area contributed by atoms with Crippen molar-refractivity contribution in [1.29, 1.82) is 0 Å². The van der Waals surface area contributed by atoms with Crippen LogP contribution in [0.15, 0.2) is 42.5 Å². The zero-order valence-electron chi connectivity index (χ0n) is 9.67. The van der Waals surface area contributed by atoms with Crippen molar-refractivity contribution in [2.75, 3.05) is 5.73 Å². The number of nitro groups is 1. The summed E-state index contributed by atoms with van der Waals surface area (Å²) in [5.74, 6) is -0.320. The van der Waals surface area contributed by atoms with Gasteiger partial charge in [0.15, 0.2) is 5.78 Å². The van der Waals surface area contributed by atoms with E-state index in [1.807, 2.05) is 0 Å². The Hall–Kier alpha value is -2.40. The molecule has 0 saturated heterocycles. The van der Waals surface area contributed by atoms with Crippen LogP contribution in [-0.2, 0) is 0 Å². The molecule has 0 unspecified atom stereocenters. The Morgan fingerprint density at radius 3 is 2.26 bits per heavy atom. The van der Waals surface area contributed by atoms with Crippen molar-refractivity contribution < 1.29 is 9.72 Å². The molecule has 0 atom stereocenters. The van der Waals surface area contributed by atoms with Gasteiger partial charge in [0.2, 0.25) is 0 Å². The molecule has 19 heavy (non-hydrogen) atoms. The number of nitrogens with zero attached hydrogens (tertiary/aromatic N) is 1. The van der Waals surface area contributed by atoms with Gasteiger partial charge in [0.1, 0.15) is 5.69 Å². The number of halogens is 1. The van der Waals surface area contributed by atoms with Gasteiger partial charge in [-0.25, -0.2) is 0 Å². The van der Waals surface area contributed by atoms with Crippen molar-refractivity contribution in [2.45, 2.75) is 0 Å². The maximum atomic E-state index is 12.1. The minimum absolute atomic E-state index is 0.0256. The minimum Gasteiger partial charge on any atom is -0.393 e. The van der Waals surface area contributed by atoms with Gasteiger partial charge in [-0.15, -0.1) is 0 Å². The standard InChI is InChI=1S/C13H9ClN2O3/c14-10-4-1-8(2-5-10)13(17)9-3-6-11(15)12(7-9)16(18)19/h1-7H,15H2. The highest BCUT2D eigenvalue weighted by molar-refractivity contribution is 6.30. The first-order valence-electron chi connectivity index (χ1n) is 5.33. The molecule has 96 valence electrons. The minimum atomic E-state index is -0.617. The molecule has 0 saturated carbocycles. The lowest BCUT2D eigenvalue weighted by atomic mass is 10.0. The largest absolute Gasteiger partial charge is 0.393 e. The molecule has 2 aromatic rings. The fourth-order valence-corrected chi connectivity index (χ4v) is 1.74. The van der Waals surface area contributed by atoms with Gasteiger partial charge in [0.25, 0.3) is 5.69 Å². The number of rotatable bonds is 3. The number of nitrogens with two attached hydrogens (primary N) is 1. The highest BCUT2D eigenvalue weighted by Gasteiger charge is 2.16. The van der Waals surface area contributed by atoms with E-state index in [2.05, 4.69) is 0 Å². The maximum absolute atomic E-state index is 12.1. The van der Waals surface area contributed by atoms with Gasteiger partial charge in [-0.3, -0.25) is 14.9 Å². The van der Waals surface area contributed by atoms with Crippen LogP contribution in [0.4, 0.5) is 11.4 Å². The summed E-state index contributed by atoms with van der Waals surface area (Å²) in [6.45, 7) is 0. The van der Waals surface area contributed by atoms with Crippen molar-refractivity contribution >= 4 is 28.8 Å². The Kier molecular flexibility index (Phi) is 3.48. The van der Waals surface area contributed by atoms with Crippen LogP contribution in [0.5, 0.6) is 0 Å². The van der Waals surface area contributed by atoms with Gasteiger partial charge in [0.05, 0.1) is 4.92 Å². The van der Waals surface area contributed by atoms with Gasteiger partial charge < -0.3 is 5.73 Å². The predicted octanol–water partition coefficient (Wildman–Crippen LogP) is 3.06. The van der Waals surface area contributed by atoms with E-state index in [1.165, 1.54) is 18.2 Å². The molecule has 0 aromatic heterocycles. The molecule has 0 fully saturated rings. The smallest absolute Gasteiger partial charge is 0.292 e. The molecule has 0 amide bonds. The molecule has 0 bridgehead atoms. The third-order valence-corrected chi connectivity index (χ3v) is 2.85. The van der Waals surface area contributed by atoms with Crippen LogP contribution in [0.25, 0.3) is 0 Å². The average Bonchev–Trinajstić information content (AvgIpc) is 2.39. The molecule has 2 N–H and O–H groups in total. The Morgan fingerprint density at radius 1 is 1.11 bits per heavy atom. The molecule has 5 nitrogen and oxygen atoms in total. The Labute approximate surface area is 113 Å². The number of nitrogen functional groups attached to an aromatic ring is 1. The first-order chi connectivity index (χ1) is 8.99. The van der Waals surface area contributed by atoms with Crippen LogP contribution in [0.2, 0.25) is 5.02 Å². The Morgan fingerprint density at radius 2 is 1.68 bits per heavy atom. The molecule has 0 aliphatic heterocycles. The molecule has 2 rings (SSSR count). The number of anilines is 1. The van der Waals surface area contributed by atoms with Gasteiger partial charge in [-0.05, 0) is 36.4 Å². The van der Waals surface area contributed by atoms with E-state index in [0.29, 0.717) is 10.6 Å². The fourth-order valence-electron chi connectivity index (χ4n) is 1.61. The number of hydrogen-bond acceptors (Lipinski definition) is 4. The second-order valence-electron chi connectivity index (χ2n) is 3.87. The van der Waals surface area contributed by atoms with E-state index < -0.39 is 4.92 Å². The molecular weight excluding hydrogens is 268 g/mol. The lowest BCUT2D eigenvalue weighted by Gasteiger charge is -2.03. The van der Waals surface area contributed by atoms with Crippen molar-refractivity contribution in [3.8, 4) is 0 Å². The van der Waals surface area contributed by atoms with Gasteiger partial charge in [-0.2, -0.15) is 0 Å². The highest BCUT2D eigenvalue weighted by Crippen LogP contribution is 2.24. The number of carbonyl (C=O) groups is 1. The van der Waals surface area contributed by atoms with E-state index >= 15 is 0 Å². The lowest BCUT2D eigenvalue weighted by Crippen LogP contribution is -2.03. The second-order valence-corrected chi connectivity index (χ2v) is 4.30. The molecule has 0 aliphatic carbocycles. The summed E-state index contributed by atoms with van der Waals surface area (Å²) >= 11 is 5.73. The summed E-state index contributed by atoms with van der Waals surface area (Å²) in [6, 6.07) is 10.3. The summed E-state index contributed by atoms with van der Waals surface area (Å²) in [4.78, 5) is 22.3. The zero-order valence-corrected chi connectivity index (χ0v) is 10.4. The number of benzene rings is 2. The van der Waals surface area contributed by atoms with E-state index in [4.69, 9.17) is 17.3 Å². The van der Waals surface area contributed by atoms with Crippen LogP contribution in [0.3, 0.4) is 0 Å². The molecular formula is C13H9ClN2O3. The van der Waals surface area contributed by atoms with E-state index in [1.54, 1.807) is 24.3 Å². The van der Waals surface area contributed by atoms with E-state index in [0.717, 1.165) is 0 Å². The van der Waals surface area contributed by atoms with Gasteiger partial charge >= 0.3 is 0 Å². The van der Waals surface area contributed by atoms with Crippen molar-refractivity contribution in [3.63, 3.8) is 0 Å². The third kappa shape index (κ3) is 2.71. The molecule has 0 aliphatic rings. The Balaban J connectivity index is 2.42. The summed E-state index contributed by atoms with van der Waals surface area (Å²) in [5.41, 5.74) is 5.84. The van der Waals surface area contributed by atoms with Gasteiger partial charge in [0, 0.05) is 22.2 Å².